The van der Waals surface area contributed by atoms with Gasteiger partial charge in [-0.2, -0.15) is 8.75 Å². The molecule has 0 radical (unpaired) electrons. The number of aromatic nitrogens is 2. The maximum atomic E-state index is 12.2. The molecule has 0 aliphatic carbocycles. The fraction of sp³-hybridized carbons (Fsp3) is 0. The molecule has 3 aromatic rings. The van der Waals surface area contributed by atoms with Gasteiger partial charge in [0.2, 0.25) is 0 Å². The van der Waals surface area contributed by atoms with Gasteiger partial charge < -0.3 is 5.73 Å². The minimum atomic E-state index is -3.63. The van der Waals surface area contributed by atoms with E-state index in [0.29, 0.717) is 16.9 Å². The Labute approximate surface area is 119 Å². The normalized spacial score (nSPS) is 11.6. The Hall–Kier alpha value is -2.19. The molecule has 6 nitrogen and oxygen atoms in total. The van der Waals surface area contributed by atoms with Crippen LogP contribution in [-0.4, -0.2) is 17.2 Å². The van der Waals surface area contributed by atoms with Crippen LogP contribution in [0.15, 0.2) is 47.4 Å². The Balaban J connectivity index is 1.94. The molecule has 0 saturated heterocycles. The molecule has 0 spiro atoms. The number of hydrogen-bond donors (Lipinski definition) is 2. The summed E-state index contributed by atoms with van der Waals surface area (Å²) in [6.07, 6.45) is 0. The van der Waals surface area contributed by atoms with E-state index in [2.05, 4.69) is 13.5 Å². The van der Waals surface area contributed by atoms with Crippen molar-refractivity contribution in [3.8, 4) is 0 Å². The summed E-state index contributed by atoms with van der Waals surface area (Å²) < 4.78 is 35.0. The maximum Gasteiger partial charge on any atom is 0.261 e. The van der Waals surface area contributed by atoms with Crippen molar-refractivity contribution in [2.45, 2.75) is 4.90 Å². The van der Waals surface area contributed by atoms with Crippen molar-refractivity contribution in [2.24, 2.45) is 0 Å². The van der Waals surface area contributed by atoms with Crippen LogP contribution in [0.2, 0.25) is 0 Å². The minimum absolute atomic E-state index is 0.156. The average Bonchev–Trinajstić information content (AvgIpc) is 2.86. The van der Waals surface area contributed by atoms with E-state index in [0.717, 1.165) is 17.2 Å². The average molecular weight is 306 g/mol. The molecule has 20 heavy (non-hydrogen) atoms. The lowest BCUT2D eigenvalue weighted by atomic mass is 10.3. The number of nitrogens with zero attached hydrogens (tertiary/aromatic N) is 2. The largest absolute Gasteiger partial charge is 0.399 e. The van der Waals surface area contributed by atoms with E-state index in [1.54, 1.807) is 30.3 Å². The van der Waals surface area contributed by atoms with Gasteiger partial charge in [0, 0.05) is 5.69 Å². The van der Waals surface area contributed by atoms with E-state index in [4.69, 9.17) is 5.73 Å². The van der Waals surface area contributed by atoms with Crippen LogP contribution in [-0.2, 0) is 10.0 Å². The van der Waals surface area contributed by atoms with Gasteiger partial charge in [-0.25, -0.2) is 8.42 Å². The third-order valence-electron chi connectivity index (χ3n) is 2.70. The first-order valence-electron chi connectivity index (χ1n) is 5.65. The molecule has 3 N–H and O–H groups in total. The Kier molecular flexibility index (Phi) is 3.03. The fourth-order valence-corrected chi connectivity index (χ4v) is 3.27. The lowest BCUT2D eigenvalue weighted by Gasteiger charge is -2.08. The third kappa shape index (κ3) is 2.43. The first-order chi connectivity index (χ1) is 9.54. The first kappa shape index (κ1) is 12.8. The second-order valence-corrected chi connectivity index (χ2v) is 6.35. The van der Waals surface area contributed by atoms with Crippen molar-refractivity contribution in [2.75, 3.05) is 10.5 Å². The zero-order chi connectivity index (χ0) is 14.2. The van der Waals surface area contributed by atoms with Crippen LogP contribution in [0.5, 0.6) is 0 Å². The number of anilines is 2. The summed E-state index contributed by atoms with van der Waals surface area (Å²) in [5.74, 6) is 0. The highest BCUT2D eigenvalue weighted by Crippen LogP contribution is 2.21. The lowest BCUT2D eigenvalue weighted by molar-refractivity contribution is 0.601. The number of nitrogens with one attached hydrogen (secondary N) is 1. The van der Waals surface area contributed by atoms with Crippen LogP contribution in [0.3, 0.4) is 0 Å². The summed E-state index contributed by atoms with van der Waals surface area (Å²) in [5.41, 5.74) is 7.90. The minimum Gasteiger partial charge on any atom is -0.399 e. The molecular formula is C12H10N4O2S2. The predicted octanol–water partition coefficient (Wildman–Crippen LogP) is 2.07. The molecule has 0 saturated carbocycles. The monoisotopic (exact) mass is 306 g/mol. The van der Waals surface area contributed by atoms with Crippen LogP contribution in [0, 0.1) is 0 Å². The van der Waals surface area contributed by atoms with Crippen molar-refractivity contribution in [1.82, 2.24) is 8.75 Å². The summed E-state index contributed by atoms with van der Waals surface area (Å²) >= 11 is 1.09. The molecule has 1 heterocycles. The quantitative estimate of drug-likeness (QED) is 0.722. The number of benzene rings is 2. The molecule has 0 unspecified atom stereocenters. The predicted molar refractivity (Wildman–Crippen MR) is 79.1 cm³/mol. The number of sulfonamides is 1. The van der Waals surface area contributed by atoms with Gasteiger partial charge in [0.1, 0.15) is 11.0 Å². The summed E-state index contributed by atoms with van der Waals surface area (Å²) in [6.45, 7) is 0. The van der Waals surface area contributed by atoms with Crippen molar-refractivity contribution in [3.63, 3.8) is 0 Å². The molecule has 0 aliphatic rings. The zero-order valence-corrected chi connectivity index (χ0v) is 11.8. The second-order valence-electron chi connectivity index (χ2n) is 4.14. The van der Waals surface area contributed by atoms with Gasteiger partial charge >= 0.3 is 0 Å². The summed E-state index contributed by atoms with van der Waals surface area (Å²) in [5, 5.41) is 0. The summed E-state index contributed by atoms with van der Waals surface area (Å²) in [7, 11) is -3.63. The third-order valence-corrected chi connectivity index (χ3v) is 4.65. The SMILES string of the molecule is Nc1ccc(S(=O)(=O)Nc2ccc3nsnc3c2)cc1. The Morgan fingerprint density at radius 2 is 1.70 bits per heavy atom. The Morgan fingerprint density at radius 1 is 1.00 bits per heavy atom. The molecule has 0 fully saturated rings. The molecule has 0 amide bonds. The molecule has 8 heteroatoms. The van der Waals surface area contributed by atoms with E-state index in [-0.39, 0.29) is 4.90 Å². The van der Waals surface area contributed by atoms with Gasteiger partial charge in [-0.05, 0) is 42.5 Å². The molecular weight excluding hydrogens is 296 g/mol. The van der Waals surface area contributed by atoms with Crippen molar-refractivity contribution in [3.05, 3.63) is 42.5 Å². The molecule has 0 atom stereocenters. The van der Waals surface area contributed by atoms with Gasteiger partial charge in [-0.15, -0.1) is 0 Å². The van der Waals surface area contributed by atoms with Crippen LogP contribution in [0.1, 0.15) is 0 Å². The number of nitrogens with two attached hydrogens (primary N) is 1. The Morgan fingerprint density at radius 3 is 2.45 bits per heavy atom. The smallest absolute Gasteiger partial charge is 0.261 e. The zero-order valence-electron chi connectivity index (χ0n) is 10.1. The standard InChI is InChI=1S/C12H10N4O2S2/c13-8-1-4-10(5-2-8)20(17,18)16-9-3-6-11-12(7-9)15-19-14-11/h1-7,16H,13H2. The van der Waals surface area contributed by atoms with Crippen LogP contribution < -0.4 is 10.5 Å². The first-order valence-corrected chi connectivity index (χ1v) is 7.87. The highest BCUT2D eigenvalue weighted by molar-refractivity contribution is 7.92. The molecule has 2 aromatic carbocycles. The van der Waals surface area contributed by atoms with E-state index < -0.39 is 10.0 Å². The molecule has 0 bridgehead atoms. The van der Waals surface area contributed by atoms with Crippen LogP contribution in [0.4, 0.5) is 11.4 Å². The van der Waals surface area contributed by atoms with Crippen LogP contribution >= 0.6 is 11.7 Å². The highest BCUT2D eigenvalue weighted by atomic mass is 32.2. The molecule has 0 aliphatic heterocycles. The van der Waals surface area contributed by atoms with Gasteiger partial charge in [0.05, 0.1) is 22.3 Å². The van der Waals surface area contributed by atoms with Crippen molar-refractivity contribution >= 4 is 44.2 Å². The van der Waals surface area contributed by atoms with E-state index in [1.807, 2.05) is 0 Å². The summed E-state index contributed by atoms with van der Waals surface area (Å²) in [6, 6.07) is 11.0. The van der Waals surface area contributed by atoms with Gasteiger partial charge in [0.25, 0.3) is 10.0 Å². The van der Waals surface area contributed by atoms with Gasteiger partial charge in [0.15, 0.2) is 0 Å². The molecule has 1 aromatic heterocycles. The van der Waals surface area contributed by atoms with Crippen molar-refractivity contribution < 1.29 is 8.42 Å². The van der Waals surface area contributed by atoms with Gasteiger partial charge in [-0.1, -0.05) is 0 Å². The number of fused-ring (bicyclic) bond motifs is 1. The van der Waals surface area contributed by atoms with Gasteiger partial charge in [-0.3, -0.25) is 4.72 Å². The second kappa shape index (κ2) is 4.73. The lowest BCUT2D eigenvalue weighted by Crippen LogP contribution is -2.12. The maximum absolute atomic E-state index is 12.2. The van der Waals surface area contributed by atoms with E-state index in [9.17, 15) is 8.42 Å². The number of hydrogen-bond acceptors (Lipinski definition) is 6. The van der Waals surface area contributed by atoms with Crippen molar-refractivity contribution in [1.29, 1.82) is 0 Å². The Bertz CT molecular complexity index is 857. The topological polar surface area (TPSA) is 98.0 Å². The highest BCUT2D eigenvalue weighted by Gasteiger charge is 2.14. The number of nitrogen functional groups attached to an aromatic ring is 1. The molecule has 102 valence electrons. The molecule has 3 rings (SSSR count). The summed E-state index contributed by atoms with van der Waals surface area (Å²) in [4.78, 5) is 0.156. The fourth-order valence-electron chi connectivity index (χ4n) is 1.71. The van der Waals surface area contributed by atoms with Crippen LogP contribution in [0.25, 0.3) is 11.0 Å². The number of rotatable bonds is 3. The van der Waals surface area contributed by atoms with E-state index in [1.165, 1.54) is 12.1 Å². The van der Waals surface area contributed by atoms with E-state index >= 15 is 0 Å².